The molecule has 21 nitrogen and oxygen atoms in total. The van der Waals surface area contributed by atoms with Crippen molar-refractivity contribution >= 4 is 46.4 Å². The number of methoxy groups -OCH3 is 2. The lowest BCUT2D eigenvalue weighted by Gasteiger charge is -2.50. The van der Waals surface area contributed by atoms with Gasteiger partial charge < -0.3 is 78.0 Å². The second-order valence-electron chi connectivity index (χ2n) is 23.4. The molecule has 1 aromatic carbocycles. The molecule has 3 aliphatic rings. The number of hydrogen-bond acceptors (Lipinski definition) is 20. The number of aryl methyl sites for hydroxylation is 1. The summed E-state index contributed by atoms with van der Waals surface area (Å²) in [5.41, 5.74) is -4.56. The van der Waals surface area contributed by atoms with Crippen LogP contribution in [-0.4, -0.2) is 210 Å². The van der Waals surface area contributed by atoms with Crippen LogP contribution >= 0.6 is 11.8 Å². The number of ketones is 1. The summed E-state index contributed by atoms with van der Waals surface area (Å²) in [6.07, 6.45) is -8.06. The normalized spacial score (nSPS) is 36.0. The van der Waals surface area contributed by atoms with Gasteiger partial charge in [0.15, 0.2) is 18.7 Å². The number of likely N-dealkylation sites (N-methyl/N-ethyl adjacent to an activating group) is 2. The zero-order valence-electron chi connectivity index (χ0n) is 50.1. The summed E-state index contributed by atoms with van der Waals surface area (Å²) < 4.78 is 53.2. The number of benzene rings is 1. The zero-order valence-corrected chi connectivity index (χ0v) is 50.9. The second kappa shape index (κ2) is 28.8. The quantitative estimate of drug-likeness (QED) is 0.0643. The van der Waals surface area contributed by atoms with Gasteiger partial charge in [-0.3, -0.25) is 19.2 Å². The van der Waals surface area contributed by atoms with E-state index in [1.807, 2.05) is 58.9 Å². The molecule has 80 heavy (non-hydrogen) atoms. The number of aromatic nitrogens is 1. The first-order valence-electron chi connectivity index (χ1n) is 28.3. The minimum atomic E-state index is -2.03. The number of aliphatic hydroxyl groups is 3. The molecule has 0 saturated carbocycles. The van der Waals surface area contributed by atoms with Crippen LogP contribution in [0, 0.1) is 23.7 Å². The van der Waals surface area contributed by atoms with Crippen molar-refractivity contribution in [2.24, 2.45) is 23.7 Å². The molecular formula is C58H94N4O17S. The van der Waals surface area contributed by atoms with Crippen molar-refractivity contribution in [1.82, 2.24) is 19.7 Å². The maximum atomic E-state index is 14.6. The van der Waals surface area contributed by atoms with E-state index in [9.17, 15) is 44.4 Å². The molecule has 3 aliphatic heterocycles. The minimum absolute atomic E-state index is 0.0478. The number of cyclic esters (lactones) is 1. The number of pyridine rings is 1. The van der Waals surface area contributed by atoms with Gasteiger partial charge in [-0.15, -0.1) is 11.8 Å². The molecule has 3 unspecified atom stereocenters. The van der Waals surface area contributed by atoms with Crippen LogP contribution in [0.5, 0.6) is 0 Å². The number of carboxylic acids is 1. The molecule has 5 rings (SSSR count). The summed E-state index contributed by atoms with van der Waals surface area (Å²) in [5, 5.41) is 48.6. The Balaban J connectivity index is 1.28. The van der Waals surface area contributed by atoms with Crippen molar-refractivity contribution < 1.29 is 77.5 Å². The fraction of sp³-hybridized carbons (Fsp3) is 0.776. The van der Waals surface area contributed by atoms with Gasteiger partial charge in [0.05, 0.1) is 54.0 Å². The number of aromatic carboxylic acids is 1. The SMILES string of the molecule is CCC1OC(=O)[C@H](C)[C@H](OC2C[C@](C)(OC)[C@H](OC(=O)CCNCCN(C)CCSc3ccc4c(c3)c(=O)c(C(=O)O)cn4CC)[C@H](C)O2)[C@H](C)[C@H](O[C@H]2O[C@@H](C)C[C@H](N(C)C)[C@H]2O)[C@](C)(OC)C[C@H](C)C(=O)[C@@H](C)C(O)[C@]1(C)O. The molecule has 0 radical (unpaired) electrons. The molecule has 0 amide bonds. The van der Waals surface area contributed by atoms with E-state index in [0.717, 1.165) is 17.2 Å². The second-order valence-corrected chi connectivity index (χ2v) is 24.6. The number of carbonyl (C=O) groups is 4. The van der Waals surface area contributed by atoms with Gasteiger partial charge in [0, 0.05) is 99.4 Å². The summed E-state index contributed by atoms with van der Waals surface area (Å²) in [6.45, 7) is 21.8. The highest BCUT2D eigenvalue weighted by atomic mass is 32.2. The van der Waals surface area contributed by atoms with E-state index in [-0.39, 0.29) is 49.2 Å². The molecule has 5 N–H and O–H groups in total. The molecule has 4 heterocycles. The van der Waals surface area contributed by atoms with Gasteiger partial charge >= 0.3 is 17.9 Å². The summed E-state index contributed by atoms with van der Waals surface area (Å²) in [4.78, 5) is 71.9. The van der Waals surface area contributed by atoms with Gasteiger partial charge in [-0.2, -0.15) is 0 Å². The molecule has 0 spiro atoms. The molecule has 0 aliphatic carbocycles. The maximum Gasteiger partial charge on any atom is 0.341 e. The van der Waals surface area contributed by atoms with E-state index in [0.29, 0.717) is 43.5 Å². The van der Waals surface area contributed by atoms with Gasteiger partial charge in [-0.25, -0.2) is 4.79 Å². The topological polar surface area (TPSA) is 264 Å². The van der Waals surface area contributed by atoms with Crippen LogP contribution in [0.4, 0.5) is 0 Å². The summed E-state index contributed by atoms with van der Waals surface area (Å²) >= 11 is 1.58. The van der Waals surface area contributed by atoms with Gasteiger partial charge in [0.2, 0.25) is 5.43 Å². The number of fused-ring (bicyclic) bond motifs is 1. The van der Waals surface area contributed by atoms with E-state index < -0.39 is 119 Å². The van der Waals surface area contributed by atoms with Crippen LogP contribution in [0.15, 0.2) is 34.1 Å². The minimum Gasteiger partial charge on any atom is -0.477 e. The molecule has 0 bridgehead atoms. The first-order valence-corrected chi connectivity index (χ1v) is 29.3. The van der Waals surface area contributed by atoms with Crippen LogP contribution < -0.4 is 10.7 Å². The lowest BCUT2D eigenvalue weighted by Crippen LogP contribution is -2.61. The average Bonchev–Trinajstić information content (AvgIpc) is 3.41. The number of ether oxygens (including phenoxy) is 8. The largest absolute Gasteiger partial charge is 0.477 e. The molecule has 1 aromatic heterocycles. The monoisotopic (exact) mass is 1150 g/mol. The summed E-state index contributed by atoms with van der Waals surface area (Å²) in [5.74, 6) is -5.81. The van der Waals surface area contributed by atoms with E-state index in [2.05, 4.69) is 10.2 Å². The first-order chi connectivity index (χ1) is 37.5. The molecule has 454 valence electrons. The van der Waals surface area contributed by atoms with Crippen molar-refractivity contribution in [3.05, 3.63) is 40.2 Å². The third-order valence-corrected chi connectivity index (χ3v) is 18.0. The number of nitrogens with one attached hydrogen (secondary N) is 1. The lowest BCUT2D eigenvalue weighted by molar-refractivity contribution is -0.320. The van der Waals surface area contributed by atoms with Crippen molar-refractivity contribution in [1.29, 1.82) is 0 Å². The highest BCUT2D eigenvalue weighted by molar-refractivity contribution is 7.99. The van der Waals surface area contributed by atoms with Gasteiger partial charge in [-0.1, -0.05) is 27.7 Å². The Morgan fingerprint density at radius 1 is 0.887 bits per heavy atom. The van der Waals surface area contributed by atoms with Crippen molar-refractivity contribution in [3.8, 4) is 0 Å². The Morgan fingerprint density at radius 3 is 2.16 bits per heavy atom. The fourth-order valence-electron chi connectivity index (χ4n) is 11.9. The molecule has 22 heteroatoms. The highest BCUT2D eigenvalue weighted by Crippen LogP contribution is 2.42. The Kier molecular flexibility index (Phi) is 24.2. The van der Waals surface area contributed by atoms with Crippen molar-refractivity contribution in [2.45, 2.75) is 204 Å². The number of aliphatic hydroxyl groups excluding tert-OH is 2. The van der Waals surface area contributed by atoms with Crippen molar-refractivity contribution in [3.63, 3.8) is 0 Å². The van der Waals surface area contributed by atoms with E-state index in [1.54, 1.807) is 70.9 Å². The Morgan fingerprint density at radius 2 is 1.55 bits per heavy atom. The van der Waals surface area contributed by atoms with Crippen LogP contribution in [-0.2, 0) is 58.8 Å². The van der Waals surface area contributed by atoms with Gasteiger partial charge in [0.1, 0.15) is 34.8 Å². The molecule has 18 atom stereocenters. The smallest absolute Gasteiger partial charge is 0.341 e. The number of Topliss-reactive ketones (excluding diaryl/α,β-unsaturated/α-hetero) is 1. The van der Waals surface area contributed by atoms with E-state index in [1.165, 1.54) is 27.3 Å². The Hall–Kier alpha value is -3.62. The third kappa shape index (κ3) is 15.8. The van der Waals surface area contributed by atoms with Crippen molar-refractivity contribution in [2.75, 3.05) is 67.3 Å². The Bertz CT molecular complexity index is 2460. The number of rotatable bonds is 21. The van der Waals surface area contributed by atoms with Crippen LogP contribution in [0.1, 0.15) is 119 Å². The van der Waals surface area contributed by atoms with Gasteiger partial charge in [0.25, 0.3) is 0 Å². The third-order valence-electron chi connectivity index (χ3n) is 17.0. The van der Waals surface area contributed by atoms with Crippen LogP contribution in [0.2, 0.25) is 0 Å². The number of nitrogens with zero attached hydrogens (tertiary/aromatic N) is 3. The average molecular weight is 1150 g/mol. The predicted octanol–water partition coefficient (Wildman–Crippen LogP) is 4.73. The Labute approximate surface area is 476 Å². The first kappa shape index (κ1) is 67.2. The van der Waals surface area contributed by atoms with Crippen LogP contribution in [0.3, 0.4) is 0 Å². The number of carbonyl (C=O) groups excluding carboxylic acids is 3. The maximum absolute atomic E-state index is 14.6. The number of esters is 2. The highest BCUT2D eigenvalue weighted by Gasteiger charge is 2.55. The number of carboxylic acid groups (broad SMARTS) is 1. The van der Waals surface area contributed by atoms with Gasteiger partial charge in [-0.05, 0) is 107 Å². The molecule has 2 aromatic rings. The zero-order chi connectivity index (χ0) is 59.8. The number of hydrogen-bond donors (Lipinski definition) is 5. The van der Waals surface area contributed by atoms with E-state index >= 15 is 0 Å². The summed E-state index contributed by atoms with van der Waals surface area (Å²) in [6, 6.07) is 5.21. The molecule has 3 fully saturated rings. The number of thioether (sulfide) groups is 1. The summed E-state index contributed by atoms with van der Waals surface area (Å²) in [7, 11) is 8.74. The molecule has 3 saturated heterocycles. The standard InChI is InChI=1S/C58H94N4O17S/c1-17-43-58(11,71)50(67)34(5)46(64)32(3)29-56(9,72-15)51(79-55-48(66)42(60(12)13)27-33(4)74-55)35(6)49(36(7)54(70)76-43)78-45-30-57(10,73-16)52(37(8)75-45)77-44(63)21-22-59-23-24-61(14)25-26-80-38-19-20-41-39(28-38)47(65)40(53(68)69)31-62(41)18-2/h19-20,28,31-37,42-43,45,48-52,55,59,66-67,71H,17-18,21-27,29-30H2,1-16H3,(H,68,69)/t32-,33-,34+,35-,36+,37-,42-,43?,45?,48+,49+,50?,51-,52+,55+,56+,57-,58+/m0/s1. The predicted molar refractivity (Wildman–Crippen MR) is 301 cm³/mol. The fourth-order valence-corrected chi connectivity index (χ4v) is 12.9. The lowest BCUT2D eigenvalue weighted by atomic mass is 9.74. The van der Waals surface area contributed by atoms with Crippen LogP contribution in [0.25, 0.3) is 10.9 Å². The van der Waals surface area contributed by atoms with E-state index in [4.69, 9.17) is 37.9 Å². The molecular weight excluding hydrogens is 1060 g/mol.